The number of aliphatic hydroxyl groups is 1. The van der Waals surface area contributed by atoms with E-state index in [1.54, 1.807) is 25.1 Å². The highest BCUT2D eigenvalue weighted by Gasteiger charge is 2.10. The van der Waals surface area contributed by atoms with E-state index in [9.17, 15) is 9.90 Å². The van der Waals surface area contributed by atoms with Crippen LogP contribution in [0.15, 0.2) is 28.9 Å². The van der Waals surface area contributed by atoms with E-state index in [4.69, 9.17) is 11.6 Å². The van der Waals surface area contributed by atoms with Crippen molar-refractivity contribution in [3.8, 4) is 0 Å². The second-order valence-electron chi connectivity index (χ2n) is 4.19. The summed E-state index contributed by atoms with van der Waals surface area (Å²) < 4.78 is 2.18. The lowest BCUT2D eigenvalue weighted by Gasteiger charge is -2.07. The van der Waals surface area contributed by atoms with Gasteiger partial charge >= 0.3 is 0 Å². The molecule has 2 rings (SSSR count). The van der Waals surface area contributed by atoms with Crippen LogP contribution >= 0.6 is 27.5 Å². The highest BCUT2D eigenvalue weighted by Crippen LogP contribution is 2.25. The van der Waals surface area contributed by atoms with Crippen molar-refractivity contribution in [1.29, 1.82) is 0 Å². The molecule has 0 aliphatic heterocycles. The van der Waals surface area contributed by atoms with Gasteiger partial charge < -0.3 is 10.4 Å². The lowest BCUT2D eigenvalue weighted by Crippen LogP contribution is -2.19. The van der Waals surface area contributed by atoms with Crippen molar-refractivity contribution in [1.82, 2.24) is 15.0 Å². The van der Waals surface area contributed by atoms with Crippen molar-refractivity contribution in [3.05, 3.63) is 39.6 Å². The second-order valence-corrected chi connectivity index (χ2v) is 5.51. The molecular weight excluding hydrogens is 348 g/mol. The zero-order valence-corrected chi connectivity index (χ0v) is 12.9. The number of hydrogen-bond donors (Lipinski definition) is 2. The molecule has 0 spiro atoms. The topological polar surface area (TPSA) is 80.0 Å². The number of nitrogens with one attached hydrogen (secondary N) is 1. The molecule has 0 aliphatic rings. The van der Waals surface area contributed by atoms with E-state index in [0.717, 1.165) is 4.47 Å². The molecule has 106 valence electrons. The maximum atomic E-state index is 11.9. The standard InChI is InChI=1S/C12H12BrClN4O2/c1-7(19)11-5-18(17-16-11)6-12(20)15-10-3-2-8(13)4-9(10)14/h2-5,7,19H,6H2,1H3,(H,15,20). The van der Waals surface area contributed by atoms with E-state index >= 15 is 0 Å². The summed E-state index contributed by atoms with van der Waals surface area (Å²) in [6.07, 6.45) is 0.806. The predicted molar refractivity (Wildman–Crippen MR) is 78.4 cm³/mol. The Bertz CT molecular complexity index is 630. The molecule has 1 aromatic carbocycles. The van der Waals surface area contributed by atoms with Crippen molar-refractivity contribution < 1.29 is 9.90 Å². The number of nitrogens with zero attached hydrogens (tertiary/aromatic N) is 3. The Kier molecular flexibility index (Phi) is 4.74. The van der Waals surface area contributed by atoms with E-state index in [2.05, 4.69) is 31.6 Å². The number of hydrogen-bond acceptors (Lipinski definition) is 4. The van der Waals surface area contributed by atoms with Crippen LogP contribution in [0.1, 0.15) is 18.7 Å². The molecule has 1 heterocycles. The lowest BCUT2D eigenvalue weighted by molar-refractivity contribution is -0.116. The first kappa shape index (κ1) is 15.0. The van der Waals surface area contributed by atoms with Crippen LogP contribution in [-0.4, -0.2) is 26.0 Å². The van der Waals surface area contributed by atoms with Crippen LogP contribution in [0, 0.1) is 0 Å². The molecule has 1 atom stereocenters. The Balaban J connectivity index is 2.01. The van der Waals surface area contributed by atoms with Crippen LogP contribution in [0.2, 0.25) is 5.02 Å². The maximum absolute atomic E-state index is 11.9. The zero-order valence-electron chi connectivity index (χ0n) is 10.5. The van der Waals surface area contributed by atoms with Gasteiger partial charge in [0.2, 0.25) is 5.91 Å². The molecule has 2 aromatic rings. The van der Waals surface area contributed by atoms with Crippen molar-refractivity contribution in [2.45, 2.75) is 19.6 Å². The summed E-state index contributed by atoms with van der Waals surface area (Å²) in [7, 11) is 0. The molecule has 0 saturated heterocycles. The Morgan fingerprint density at radius 2 is 2.35 bits per heavy atom. The van der Waals surface area contributed by atoms with Gasteiger partial charge in [0.15, 0.2) is 0 Å². The average molecular weight is 360 g/mol. The zero-order chi connectivity index (χ0) is 14.7. The second kappa shape index (κ2) is 6.34. The maximum Gasteiger partial charge on any atom is 0.246 e. The summed E-state index contributed by atoms with van der Waals surface area (Å²) in [4.78, 5) is 11.9. The molecule has 0 radical (unpaired) electrons. The van der Waals surface area contributed by atoms with Crippen molar-refractivity contribution in [2.75, 3.05) is 5.32 Å². The van der Waals surface area contributed by atoms with Gasteiger partial charge in [0.1, 0.15) is 12.2 Å². The lowest BCUT2D eigenvalue weighted by atomic mass is 10.3. The van der Waals surface area contributed by atoms with Gasteiger partial charge in [-0.1, -0.05) is 32.7 Å². The number of carbonyl (C=O) groups is 1. The number of aromatic nitrogens is 3. The van der Waals surface area contributed by atoms with Gasteiger partial charge in [0.25, 0.3) is 0 Å². The third kappa shape index (κ3) is 3.78. The molecule has 0 saturated carbocycles. The first-order chi connectivity index (χ1) is 9.45. The number of benzene rings is 1. The summed E-state index contributed by atoms with van der Waals surface area (Å²) in [6.45, 7) is 1.57. The molecule has 8 heteroatoms. The number of carbonyl (C=O) groups excluding carboxylic acids is 1. The van der Waals surface area contributed by atoms with Crippen molar-refractivity contribution >= 4 is 39.1 Å². The summed E-state index contributed by atoms with van der Waals surface area (Å²) >= 11 is 9.30. The Morgan fingerprint density at radius 3 is 2.95 bits per heavy atom. The van der Waals surface area contributed by atoms with Crippen LogP contribution in [0.5, 0.6) is 0 Å². The van der Waals surface area contributed by atoms with E-state index in [-0.39, 0.29) is 12.5 Å². The normalized spacial score (nSPS) is 12.2. The molecular formula is C12H12BrClN4O2. The van der Waals surface area contributed by atoms with Gasteiger partial charge in [-0.25, -0.2) is 4.68 Å². The predicted octanol–water partition coefficient (Wildman–Crippen LogP) is 2.39. The summed E-state index contributed by atoms with van der Waals surface area (Å²) in [6, 6.07) is 5.17. The number of aliphatic hydroxyl groups excluding tert-OH is 1. The van der Waals surface area contributed by atoms with Gasteiger partial charge in [-0.2, -0.15) is 0 Å². The highest BCUT2D eigenvalue weighted by molar-refractivity contribution is 9.10. The van der Waals surface area contributed by atoms with Crippen molar-refractivity contribution in [2.24, 2.45) is 0 Å². The van der Waals surface area contributed by atoms with Crippen LogP contribution in [0.3, 0.4) is 0 Å². The Labute approximate surface area is 128 Å². The largest absolute Gasteiger partial charge is 0.387 e. The van der Waals surface area contributed by atoms with Gasteiger partial charge in [0, 0.05) is 4.47 Å². The van der Waals surface area contributed by atoms with Gasteiger partial charge in [-0.3, -0.25) is 4.79 Å². The van der Waals surface area contributed by atoms with E-state index < -0.39 is 6.10 Å². The van der Waals surface area contributed by atoms with Crippen LogP contribution in [0.4, 0.5) is 5.69 Å². The van der Waals surface area contributed by atoms with Crippen LogP contribution in [0.25, 0.3) is 0 Å². The SMILES string of the molecule is CC(O)c1cn(CC(=O)Nc2ccc(Br)cc2Cl)nn1. The molecule has 6 nitrogen and oxygen atoms in total. The first-order valence-corrected chi connectivity index (χ1v) is 6.96. The molecule has 1 aromatic heterocycles. The number of rotatable bonds is 4. The molecule has 1 amide bonds. The summed E-state index contributed by atoms with van der Waals surface area (Å²) in [5.41, 5.74) is 0.940. The number of anilines is 1. The fraction of sp³-hybridized carbons (Fsp3) is 0.250. The number of amides is 1. The van der Waals surface area contributed by atoms with Gasteiger partial charge in [-0.15, -0.1) is 5.10 Å². The Hall–Kier alpha value is -1.44. The van der Waals surface area contributed by atoms with Crippen molar-refractivity contribution in [3.63, 3.8) is 0 Å². The quantitative estimate of drug-likeness (QED) is 0.878. The number of halogens is 2. The third-order valence-electron chi connectivity index (χ3n) is 2.50. The molecule has 0 fully saturated rings. The summed E-state index contributed by atoms with van der Waals surface area (Å²) in [5, 5.41) is 20.0. The average Bonchev–Trinajstić information content (AvgIpc) is 2.81. The molecule has 0 aliphatic carbocycles. The van der Waals surface area contributed by atoms with Crippen LogP contribution < -0.4 is 5.32 Å². The van der Waals surface area contributed by atoms with E-state index in [0.29, 0.717) is 16.4 Å². The minimum absolute atomic E-state index is 0.00782. The van der Waals surface area contributed by atoms with E-state index in [1.165, 1.54) is 10.9 Å². The van der Waals surface area contributed by atoms with Gasteiger partial charge in [-0.05, 0) is 25.1 Å². The minimum atomic E-state index is -0.715. The third-order valence-corrected chi connectivity index (χ3v) is 3.30. The smallest absolute Gasteiger partial charge is 0.246 e. The minimum Gasteiger partial charge on any atom is -0.387 e. The van der Waals surface area contributed by atoms with E-state index in [1.807, 2.05) is 0 Å². The fourth-order valence-corrected chi connectivity index (χ4v) is 2.23. The summed E-state index contributed by atoms with van der Waals surface area (Å²) in [5.74, 6) is -0.281. The molecule has 2 N–H and O–H groups in total. The monoisotopic (exact) mass is 358 g/mol. The molecule has 0 bridgehead atoms. The Morgan fingerprint density at radius 1 is 1.60 bits per heavy atom. The fourth-order valence-electron chi connectivity index (χ4n) is 1.51. The van der Waals surface area contributed by atoms with Crippen LogP contribution in [-0.2, 0) is 11.3 Å². The first-order valence-electron chi connectivity index (χ1n) is 5.78. The van der Waals surface area contributed by atoms with Gasteiger partial charge in [0.05, 0.1) is 23.0 Å². The molecule has 1 unspecified atom stereocenters. The molecule has 20 heavy (non-hydrogen) atoms. The highest BCUT2D eigenvalue weighted by atomic mass is 79.9.